The second kappa shape index (κ2) is 5.66. The monoisotopic (exact) mass is 286 g/mol. The van der Waals surface area contributed by atoms with Crippen LogP contribution in [-0.2, 0) is 0 Å². The zero-order chi connectivity index (χ0) is 13.8. The Morgan fingerprint density at radius 1 is 1.32 bits per heavy atom. The molecule has 0 atom stereocenters. The van der Waals surface area contributed by atoms with Gasteiger partial charge in [0.2, 0.25) is 5.95 Å². The van der Waals surface area contributed by atoms with Gasteiger partial charge in [-0.3, -0.25) is 0 Å². The standard InChI is InChI=1S/C11H9ClF2N4O/c12-6-5-16-11(15)18-9(6)17-7-3-1-2-4-8(7)19-10(13)14/h1-5,10H,(H3,15,16,17,18). The highest BCUT2D eigenvalue weighted by Crippen LogP contribution is 2.30. The third-order valence-electron chi connectivity index (χ3n) is 2.12. The van der Waals surface area contributed by atoms with Gasteiger partial charge in [0.25, 0.3) is 0 Å². The number of benzene rings is 1. The van der Waals surface area contributed by atoms with Crippen LogP contribution in [0.5, 0.6) is 5.75 Å². The quantitative estimate of drug-likeness (QED) is 0.903. The molecule has 0 aliphatic heterocycles. The molecule has 0 amide bonds. The molecule has 19 heavy (non-hydrogen) atoms. The van der Waals surface area contributed by atoms with Crippen molar-refractivity contribution >= 4 is 29.1 Å². The lowest BCUT2D eigenvalue weighted by atomic mass is 10.3. The number of nitrogens with one attached hydrogen (secondary N) is 1. The molecule has 0 spiro atoms. The minimum Gasteiger partial charge on any atom is -0.433 e. The lowest BCUT2D eigenvalue weighted by Gasteiger charge is -2.12. The van der Waals surface area contributed by atoms with Crippen molar-refractivity contribution in [1.82, 2.24) is 9.97 Å². The Bertz CT molecular complexity index is 582. The fraction of sp³-hybridized carbons (Fsp3) is 0.0909. The Kier molecular flexibility index (Phi) is 3.96. The summed E-state index contributed by atoms with van der Waals surface area (Å²) in [5.74, 6) is 0.199. The SMILES string of the molecule is Nc1ncc(Cl)c(Nc2ccccc2OC(F)F)n1. The Labute approximate surface area is 112 Å². The fourth-order valence-corrected chi connectivity index (χ4v) is 1.50. The van der Waals surface area contributed by atoms with E-state index >= 15 is 0 Å². The summed E-state index contributed by atoms with van der Waals surface area (Å²) < 4.78 is 28.9. The molecule has 5 nitrogen and oxygen atoms in total. The van der Waals surface area contributed by atoms with E-state index in [1.165, 1.54) is 12.3 Å². The minimum atomic E-state index is -2.92. The number of alkyl halides is 2. The predicted octanol–water partition coefficient (Wildman–Crippen LogP) is 3.06. The van der Waals surface area contributed by atoms with Crippen molar-refractivity contribution in [3.8, 4) is 5.75 Å². The number of nitrogen functional groups attached to an aromatic ring is 1. The summed E-state index contributed by atoms with van der Waals surface area (Å²) >= 11 is 5.87. The van der Waals surface area contributed by atoms with Crippen LogP contribution in [0.2, 0.25) is 5.02 Å². The van der Waals surface area contributed by atoms with Crippen molar-refractivity contribution in [2.45, 2.75) is 6.61 Å². The molecule has 0 fully saturated rings. The van der Waals surface area contributed by atoms with Gasteiger partial charge < -0.3 is 15.8 Å². The highest BCUT2D eigenvalue weighted by atomic mass is 35.5. The second-order valence-electron chi connectivity index (χ2n) is 3.42. The molecule has 0 unspecified atom stereocenters. The number of nitrogens with two attached hydrogens (primary N) is 1. The van der Waals surface area contributed by atoms with E-state index in [4.69, 9.17) is 17.3 Å². The van der Waals surface area contributed by atoms with Gasteiger partial charge in [0.05, 0.1) is 11.9 Å². The van der Waals surface area contributed by atoms with Crippen molar-refractivity contribution in [3.63, 3.8) is 0 Å². The number of nitrogens with zero attached hydrogens (tertiary/aromatic N) is 2. The normalized spacial score (nSPS) is 10.5. The van der Waals surface area contributed by atoms with Crippen molar-refractivity contribution in [3.05, 3.63) is 35.5 Å². The number of anilines is 3. The maximum atomic E-state index is 12.3. The molecule has 1 aromatic heterocycles. The first-order chi connectivity index (χ1) is 9.06. The number of halogens is 3. The van der Waals surface area contributed by atoms with Crippen LogP contribution in [0.1, 0.15) is 0 Å². The minimum absolute atomic E-state index is 0.0131. The summed E-state index contributed by atoms with van der Waals surface area (Å²) in [5, 5.41) is 2.97. The molecule has 1 heterocycles. The van der Waals surface area contributed by atoms with Crippen molar-refractivity contribution in [1.29, 1.82) is 0 Å². The van der Waals surface area contributed by atoms with Gasteiger partial charge in [0.15, 0.2) is 5.82 Å². The first-order valence-electron chi connectivity index (χ1n) is 5.15. The topological polar surface area (TPSA) is 73.1 Å². The summed E-state index contributed by atoms with van der Waals surface area (Å²) in [7, 11) is 0. The van der Waals surface area contributed by atoms with Crippen LogP contribution in [0, 0.1) is 0 Å². The summed E-state index contributed by atoms with van der Waals surface area (Å²) in [6.07, 6.45) is 1.31. The molecule has 0 saturated carbocycles. The van der Waals surface area contributed by atoms with E-state index < -0.39 is 6.61 Å². The van der Waals surface area contributed by atoms with Gasteiger partial charge in [0, 0.05) is 0 Å². The molecule has 8 heteroatoms. The lowest BCUT2D eigenvalue weighted by molar-refractivity contribution is -0.0493. The van der Waals surface area contributed by atoms with Gasteiger partial charge in [-0.1, -0.05) is 23.7 Å². The smallest absolute Gasteiger partial charge is 0.387 e. The average Bonchev–Trinajstić information content (AvgIpc) is 2.35. The van der Waals surface area contributed by atoms with E-state index in [2.05, 4.69) is 20.0 Å². The van der Waals surface area contributed by atoms with Crippen LogP contribution in [0.3, 0.4) is 0 Å². The number of para-hydroxylation sites is 2. The fourth-order valence-electron chi connectivity index (χ4n) is 1.36. The van der Waals surface area contributed by atoms with Crippen LogP contribution in [0.4, 0.5) is 26.2 Å². The van der Waals surface area contributed by atoms with Crippen LogP contribution in [0.25, 0.3) is 0 Å². The summed E-state index contributed by atoms with van der Waals surface area (Å²) in [5.41, 5.74) is 5.72. The molecule has 0 radical (unpaired) electrons. The van der Waals surface area contributed by atoms with E-state index in [0.29, 0.717) is 5.69 Å². The number of hydrogen-bond acceptors (Lipinski definition) is 5. The molecule has 2 aromatic rings. The lowest BCUT2D eigenvalue weighted by Crippen LogP contribution is -2.05. The first kappa shape index (κ1) is 13.3. The van der Waals surface area contributed by atoms with Crippen LogP contribution in [-0.4, -0.2) is 16.6 Å². The van der Waals surface area contributed by atoms with Gasteiger partial charge in [-0.2, -0.15) is 13.8 Å². The number of hydrogen-bond donors (Lipinski definition) is 2. The third kappa shape index (κ3) is 3.41. The van der Waals surface area contributed by atoms with Crippen LogP contribution in [0.15, 0.2) is 30.5 Å². The van der Waals surface area contributed by atoms with E-state index in [0.717, 1.165) is 0 Å². The Morgan fingerprint density at radius 3 is 2.79 bits per heavy atom. The molecule has 0 saturated heterocycles. The Balaban J connectivity index is 2.30. The molecular formula is C11H9ClF2N4O. The highest BCUT2D eigenvalue weighted by molar-refractivity contribution is 6.32. The first-order valence-corrected chi connectivity index (χ1v) is 5.53. The molecule has 0 aliphatic rings. The second-order valence-corrected chi connectivity index (χ2v) is 3.83. The van der Waals surface area contributed by atoms with Gasteiger partial charge in [0.1, 0.15) is 10.8 Å². The van der Waals surface area contributed by atoms with Crippen molar-refractivity contribution in [2.75, 3.05) is 11.1 Å². The molecular weight excluding hydrogens is 278 g/mol. The number of aromatic nitrogens is 2. The molecule has 100 valence electrons. The number of rotatable bonds is 4. The Hall–Kier alpha value is -2.15. The maximum Gasteiger partial charge on any atom is 0.387 e. The average molecular weight is 287 g/mol. The largest absolute Gasteiger partial charge is 0.433 e. The molecule has 0 aliphatic carbocycles. The molecule has 1 aromatic carbocycles. The number of ether oxygens (including phenoxy) is 1. The van der Waals surface area contributed by atoms with E-state index in [9.17, 15) is 8.78 Å². The zero-order valence-corrected chi connectivity index (χ0v) is 10.2. The van der Waals surface area contributed by atoms with Crippen molar-refractivity contribution in [2.24, 2.45) is 0 Å². The van der Waals surface area contributed by atoms with Gasteiger partial charge in [-0.15, -0.1) is 0 Å². The molecule has 0 bridgehead atoms. The maximum absolute atomic E-state index is 12.3. The molecule has 3 N–H and O–H groups in total. The Morgan fingerprint density at radius 2 is 2.05 bits per heavy atom. The van der Waals surface area contributed by atoms with Gasteiger partial charge in [-0.05, 0) is 12.1 Å². The van der Waals surface area contributed by atoms with Gasteiger partial charge in [-0.25, -0.2) is 4.98 Å². The third-order valence-corrected chi connectivity index (χ3v) is 2.40. The summed E-state index contributed by atoms with van der Waals surface area (Å²) in [6.45, 7) is -2.92. The molecule has 2 rings (SSSR count). The summed E-state index contributed by atoms with van der Waals surface area (Å²) in [6, 6.07) is 6.16. The van der Waals surface area contributed by atoms with E-state index in [1.54, 1.807) is 18.2 Å². The van der Waals surface area contributed by atoms with E-state index in [-0.39, 0.29) is 22.5 Å². The predicted molar refractivity (Wildman–Crippen MR) is 67.8 cm³/mol. The van der Waals surface area contributed by atoms with Crippen LogP contribution < -0.4 is 15.8 Å². The van der Waals surface area contributed by atoms with Gasteiger partial charge >= 0.3 is 6.61 Å². The van der Waals surface area contributed by atoms with Crippen molar-refractivity contribution < 1.29 is 13.5 Å². The van der Waals surface area contributed by atoms with E-state index in [1.807, 2.05) is 0 Å². The summed E-state index contributed by atoms with van der Waals surface area (Å²) in [4.78, 5) is 7.56. The highest BCUT2D eigenvalue weighted by Gasteiger charge is 2.11. The van der Waals surface area contributed by atoms with Crippen LogP contribution >= 0.6 is 11.6 Å². The zero-order valence-electron chi connectivity index (χ0n) is 9.48.